The van der Waals surface area contributed by atoms with Crippen molar-refractivity contribution in [2.75, 3.05) is 0 Å². The molecule has 0 aliphatic heterocycles. The number of carbonyl (C=O) groups is 1. The van der Waals surface area contributed by atoms with Crippen LogP contribution in [0, 0.1) is 24.6 Å². The molecule has 25 heavy (non-hydrogen) atoms. The Morgan fingerprint density at radius 2 is 1.76 bits per heavy atom. The molecule has 4 heteroatoms. The normalized spacial score (nSPS) is 22.6. The quantitative estimate of drug-likeness (QED) is 0.454. The molecule has 3 nitrogen and oxygen atoms in total. The van der Waals surface area contributed by atoms with Gasteiger partial charge in [0, 0.05) is 5.92 Å². The second-order valence-corrected chi connectivity index (χ2v) is 7.03. The molecule has 2 saturated carbocycles. The number of aryl methyl sites for hydroxylation is 1. The van der Waals surface area contributed by atoms with Crippen molar-refractivity contribution in [1.82, 2.24) is 0 Å². The van der Waals surface area contributed by atoms with Gasteiger partial charge in [0.25, 0.3) is 0 Å². The van der Waals surface area contributed by atoms with Crippen molar-refractivity contribution in [2.45, 2.75) is 32.1 Å². The van der Waals surface area contributed by atoms with Crippen LogP contribution in [0.25, 0.3) is 0 Å². The van der Waals surface area contributed by atoms with Gasteiger partial charge in [0.1, 0.15) is 5.82 Å². The molecule has 0 amide bonds. The van der Waals surface area contributed by atoms with Gasteiger partial charge in [-0.25, -0.2) is 9.18 Å². The van der Waals surface area contributed by atoms with Crippen LogP contribution in [0.3, 0.4) is 0 Å². The van der Waals surface area contributed by atoms with Gasteiger partial charge in [0.2, 0.25) is 0 Å². The van der Waals surface area contributed by atoms with Crippen molar-refractivity contribution < 1.29 is 14.0 Å². The van der Waals surface area contributed by atoms with Crippen molar-refractivity contribution >= 4 is 11.7 Å². The molecule has 2 fully saturated rings. The maximum absolute atomic E-state index is 13.2. The Hall–Kier alpha value is -2.49. The fourth-order valence-electron chi connectivity index (χ4n) is 3.12. The first-order chi connectivity index (χ1) is 12.1. The monoisotopic (exact) mass is 337 g/mol. The molecule has 128 valence electrons. The number of rotatable bonds is 5. The Balaban J connectivity index is 1.57. The maximum Gasteiger partial charge on any atom is 0.338 e. The summed E-state index contributed by atoms with van der Waals surface area (Å²) in [5.41, 5.74) is 4.04. The summed E-state index contributed by atoms with van der Waals surface area (Å²) in [5.74, 6) is 0.0191. The van der Waals surface area contributed by atoms with E-state index >= 15 is 0 Å². The van der Waals surface area contributed by atoms with Crippen LogP contribution in [0.1, 0.15) is 41.9 Å². The molecule has 4 rings (SSSR count). The summed E-state index contributed by atoms with van der Waals surface area (Å²) in [7, 11) is 0. The number of hydrogen-bond acceptors (Lipinski definition) is 3. The van der Waals surface area contributed by atoms with Gasteiger partial charge < -0.3 is 4.84 Å². The van der Waals surface area contributed by atoms with Crippen molar-refractivity contribution in [3.8, 4) is 0 Å². The second kappa shape index (κ2) is 6.43. The average Bonchev–Trinajstić information content (AvgIpc) is 3.51. The lowest BCUT2D eigenvalue weighted by Gasteiger charge is -2.07. The standard InChI is InChI=1S/C21H20FNO2/c1-13-2-4-14(5-3-13)18-12-19(18)20(15-8-10-17(22)11-9-15)23-25-21(24)16-6-7-16/h2-5,8-11,16,18-19H,6-7,12H2,1H3/b23-20-/t18-,19-/m0/s1. The van der Waals surface area contributed by atoms with E-state index in [-0.39, 0.29) is 23.6 Å². The predicted molar refractivity (Wildman–Crippen MR) is 93.8 cm³/mol. The van der Waals surface area contributed by atoms with Gasteiger partial charge in [0.05, 0.1) is 11.6 Å². The van der Waals surface area contributed by atoms with Gasteiger partial charge in [-0.15, -0.1) is 0 Å². The number of halogens is 1. The highest BCUT2D eigenvalue weighted by atomic mass is 19.1. The molecule has 2 aliphatic carbocycles. The SMILES string of the molecule is Cc1ccc([C@@H]2C[C@@H]2/C(=N\OC(=O)C2CC2)c2ccc(F)cc2)cc1. The first-order valence-corrected chi connectivity index (χ1v) is 8.73. The molecule has 0 bridgehead atoms. The Bertz CT molecular complexity index is 807. The molecule has 2 aromatic rings. The topological polar surface area (TPSA) is 38.7 Å². The molecule has 0 radical (unpaired) electrons. The molecule has 2 aliphatic rings. The number of benzene rings is 2. The lowest BCUT2D eigenvalue weighted by atomic mass is 10.0. The zero-order valence-electron chi connectivity index (χ0n) is 14.1. The number of nitrogens with zero attached hydrogens (tertiary/aromatic N) is 1. The van der Waals surface area contributed by atoms with Gasteiger partial charge >= 0.3 is 5.97 Å². The summed E-state index contributed by atoms with van der Waals surface area (Å²) in [6, 6.07) is 14.7. The van der Waals surface area contributed by atoms with E-state index in [1.807, 2.05) is 0 Å². The average molecular weight is 337 g/mol. The highest BCUT2D eigenvalue weighted by Gasteiger charge is 2.43. The molecule has 0 heterocycles. The van der Waals surface area contributed by atoms with Crippen molar-refractivity contribution in [1.29, 1.82) is 0 Å². The Labute approximate surface area is 146 Å². The first-order valence-electron chi connectivity index (χ1n) is 8.73. The summed E-state index contributed by atoms with van der Waals surface area (Å²) in [6.07, 6.45) is 2.73. The van der Waals surface area contributed by atoms with Gasteiger partial charge in [-0.1, -0.05) is 47.1 Å². The zero-order valence-corrected chi connectivity index (χ0v) is 14.1. The molecule has 0 saturated heterocycles. The lowest BCUT2D eigenvalue weighted by molar-refractivity contribution is -0.145. The van der Waals surface area contributed by atoms with Crippen molar-refractivity contribution in [3.63, 3.8) is 0 Å². The molecule has 2 atom stereocenters. The van der Waals surface area contributed by atoms with Crippen molar-refractivity contribution in [3.05, 3.63) is 71.0 Å². The van der Waals surface area contributed by atoms with E-state index < -0.39 is 0 Å². The van der Waals surface area contributed by atoms with Crippen LogP contribution in [-0.2, 0) is 9.63 Å². The van der Waals surface area contributed by atoms with Crippen molar-refractivity contribution in [2.24, 2.45) is 17.0 Å². The third-order valence-electron chi connectivity index (χ3n) is 4.93. The van der Waals surface area contributed by atoms with E-state index in [2.05, 4.69) is 36.3 Å². The Kier molecular flexibility index (Phi) is 4.12. The van der Waals surface area contributed by atoms with Crippen LogP contribution in [0.2, 0.25) is 0 Å². The van der Waals surface area contributed by atoms with Gasteiger partial charge in [-0.05, 0) is 55.4 Å². The molecular formula is C21H20FNO2. The van der Waals surface area contributed by atoms with Crippen LogP contribution >= 0.6 is 0 Å². The summed E-state index contributed by atoms with van der Waals surface area (Å²) >= 11 is 0. The van der Waals surface area contributed by atoms with Gasteiger partial charge in [-0.3, -0.25) is 0 Å². The van der Waals surface area contributed by atoms with Crippen LogP contribution in [0.15, 0.2) is 53.7 Å². The predicted octanol–water partition coefficient (Wildman–Crippen LogP) is 4.60. The maximum atomic E-state index is 13.2. The zero-order chi connectivity index (χ0) is 17.4. The molecule has 2 aromatic carbocycles. The van der Waals surface area contributed by atoms with E-state index in [1.54, 1.807) is 12.1 Å². The minimum Gasteiger partial charge on any atom is -0.318 e. The second-order valence-electron chi connectivity index (χ2n) is 7.03. The highest BCUT2D eigenvalue weighted by Crippen LogP contribution is 2.49. The lowest BCUT2D eigenvalue weighted by Crippen LogP contribution is -2.10. The first kappa shape index (κ1) is 16.0. The summed E-state index contributed by atoms with van der Waals surface area (Å²) in [4.78, 5) is 17.0. The molecule has 0 spiro atoms. The number of oxime groups is 1. The minimum atomic E-state index is -0.288. The van der Waals surface area contributed by atoms with E-state index in [0.29, 0.717) is 5.92 Å². The fraction of sp³-hybridized carbons (Fsp3) is 0.333. The minimum absolute atomic E-state index is 0.00492. The Morgan fingerprint density at radius 1 is 1.08 bits per heavy atom. The van der Waals surface area contributed by atoms with E-state index in [0.717, 1.165) is 30.5 Å². The van der Waals surface area contributed by atoms with E-state index in [4.69, 9.17) is 4.84 Å². The van der Waals surface area contributed by atoms with E-state index in [9.17, 15) is 9.18 Å². The molecular weight excluding hydrogens is 317 g/mol. The third-order valence-corrected chi connectivity index (χ3v) is 4.93. The van der Waals surface area contributed by atoms with Crippen LogP contribution < -0.4 is 0 Å². The van der Waals surface area contributed by atoms with Gasteiger partial charge in [0.15, 0.2) is 0 Å². The smallest absolute Gasteiger partial charge is 0.318 e. The third kappa shape index (κ3) is 3.63. The highest BCUT2D eigenvalue weighted by molar-refractivity contribution is 6.04. The van der Waals surface area contributed by atoms with Gasteiger partial charge in [-0.2, -0.15) is 0 Å². The summed E-state index contributed by atoms with van der Waals surface area (Å²) < 4.78 is 13.2. The van der Waals surface area contributed by atoms with E-state index in [1.165, 1.54) is 23.3 Å². The Morgan fingerprint density at radius 3 is 2.40 bits per heavy atom. The van der Waals surface area contributed by atoms with Crippen LogP contribution in [0.4, 0.5) is 4.39 Å². The molecule has 0 aromatic heterocycles. The molecule has 0 unspecified atom stereocenters. The summed E-state index contributed by atoms with van der Waals surface area (Å²) in [5, 5.41) is 4.18. The number of carbonyl (C=O) groups excluding carboxylic acids is 1. The largest absolute Gasteiger partial charge is 0.338 e. The fourth-order valence-corrected chi connectivity index (χ4v) is 3.12. The molecule has 0 N–H and O–H groups in total. The number of hydrogen-bond donors (Lipinski definition) is 0. The van der Waals surface area contributed by atoms with Crippen LogP contribution in [-0.4, -0.2) is 11.7 Å². The summed E-state index contributed by atoms with van der Waals surface area (Å²) in [6.45, 7) is 2.07. The van der Waals surface area contributed by atoms with Crippen LogP contribution in [0.5, 0.6) is 0 Å².